The molecule has 1 aromatic rings. The van der Waals surface area contributed by atoms with Crippen molar-refractivity contribution < 1.29 is 13.2 Å². The highest BCUT2D eigenvalue weighted by atomic mass is 35.5. The predicted octanol–water partition coefficient (Wildman–Crippen LogP) is 1.69. The summed E-state index contributed by atoms with van der Waals surface area (Å²) >= 11 is 6.01. The van der Waals surface area contributed by atoms with Gasteiger partial charge in [-0.25, -0.2) is 13.1 Å². The average molecular weight is 319 g/mol. The third-order valence-electron chi connectivity index (χ3n) is 3.42. The van der Waals surface area contributed by atoms with Gasteiger partial charge in [0.1, 0.15) is 5.75 Å². The number of benzene rings is 1. The van der Waals surface area contributed by atoms with Crippen LogP contribution in [0.1, 0.15) is 18.4 Å². The number of aryl methyl sites for hydroxylation is 1. The van der Waals surface area contributed by atoms with Crippen molar-refractivity contribution in [2.45, 2.75) is 30.7 Å². The number of hydrogen-bond acceptors (Lipinski definition) is 4. The molecule has 0 amide bonds. The minimum Gasteiger partial charge on any atom is -0.495 e. The molecule has 2 N–H and O–H groups in total. The van der Waals surface area contributed by atoms with Crippen molar-refractivity contribution in [1.82, 2.24) is 10.0 Å². The summed E-state index contributed by atoms with van der Waals surface area (Å²) in [4.78, 5) is 0.196. The number of halogens is 1. The fourth-order valence-corrected chi connectivity index (χ4v) is 3.94. The first-order valence-corrected chi connectivity index (χ1v) is 8.37. The molecule has 1 unspecified atom stereocenters. The molecule has 0 saturated carbocycles. The number of rotatable bonds is 5. The molecular weight excluding hydrogens is 300 g/mol. The van der Waals surface area contributed by atoms with E-state index in [1.165, 1.54) is 13.2 Å². The molecule has 0 bridgehead atoms. The van der Waals surface area contributed by atoms with Gasteiger partial charge < -0.3 is 10.1 Å². The summed E-state index contributed by atoms with van der Waals surface area (Å²) in [7, 11) is -2.06. The van der Waals surface area contributed by atoms with Gasteiger partial charge in [0.05, 0.1) is 17.0 Å². The quantitative estimate of drug-likeness (QED) is 0.867. The van der Waals surface area contributed by atoms with Gasteiger partial charge in [0.15, 0.2) is 0 Å². The van der Waals surface area contributed by atoms with Crippen LogP contribution in [0, 0.1) is 6.92 Å². The van der Waals surface area contributed by atoms with E-state index in [-0.39, 0.29) is 16.0 Å². The van der Waals surface area contributed by atoms with Crippen LogP contribution in [0.15, 0.2) is 17.0 Å². The van der Waals surface area contributed by atoms with Crippen molar-refractivity contribution in [2.75, 3.05) is 20.2 Å². The zero-order valence-electron chi connectivity index (χ0n) is 11.6. The molecule has 0 aromatic heterocycles. The molecule has 1 aromatic carbocycles. The van der Waals surface area contributed by atoms with Gasteiger partial charge in [-0.3, -0.25) is 0 Å². The molecule has 1 atom stereocenters. The Balaban J connectivity index is 2.18. The first-order chi connectivity index (χ1) is 9.44. The second-order valence-corrected chi connectivity index (χ2v) is 7.04. The smallest absolute Gasteiger partial charge is 0.240 e. The molecule has 0 radical (unpaired) electrons. The van der Waals surface area contributed by atoms with Crippen molar-refractivity contribution in [3.05, 3.63) is 22.7 Å². The summed E-state index contributed by atoms with van der Waals surface area (Å²) in [6.07, 6.45) is 2.07. The average Bonchev–Trinajstić information content (AvgIpc) is 2.92. The van der Waals surface area contributed by atoms with E-state index in [1.54, 1.807) is 13.0 Å². The minimum absolute atomic E-state index is 0.196. The topological polar surface area (TPSA) is 67.4 Å². The summed E-state index contributed by atoms with van der Waals surface area (Å²) in [5.41, 5.74) is 0.609. The SMILES string of the molecule is COc1cc(C)c(S(=O)(=O)NCC2CCCN2)cc1Cl. The molecule has 112 valence electrons. The Hall–Kier alpha value is -0.820. The first kappa shape index (κ1) is 15.6. The Morgan fingerprint density at radius 3 is 2.85 bits per heavy atom. The largest absolute Gasteiger partial charge is 0.495 e. The van der Waals surface area contributed by atoms with E-state index in [0.29, 0.717) is 17.9 Å². The molecule has 1 aliphatic rings. The lowest BCUT2D eigenvalue weighted by Gasteiger charge is -2.14. The van der Waals surface area contributed by atoms with Gasteiger partial charge >= 0.3 is 0 Å². The molecule has 1 heterocycles. The molecule has 20 heavy (non-hydrogen) atoms. The van der Waals surface area contributed by atoms with Gasteiger partial charge in [-0.1, -0.05) is 11.6 Å². The van der Waals surface area contributed by atoms with Crippen molar-refractivity contribution in [2.24, 2.45) is 0 Å². The summed E-state index contributed by atoms with van der Waals surface area (Å²) < 4.78 is 32.4. The van der Waals surface area contributed by atoms with Crippen molar-refractivity contribution >= 4 is 21.6 Å². The van der Waals surface area contributed by atoms with E-state index in [1.807, 2.05) is 0 Å². The minimum atomic E-state index is -3.56. The summed E-state index contributed by atoms with van der Waals surface area (Å²) in [5, 5.41) is 3.54. The van der Waals surface area contributed by atoms with E-state index in [9.17, 15) is 8.42 Å². The number of hydrogen-bond donors (Lipinski definition) is 2. The second-order valence-electron chi connectivity index (χ2n) is 4.90. The Morgan fingerprint density at radius 1 is 1.50 bits per heavy atom. The first-order valence-electron chi connectivity index (χ1n) is 6.51. The molecule has 1 fully saturated rings. The van der Waals surface area contributed by atoms with Gasteiger partial charge in [-0.05, 0) is 44.0 Å². The van der Waals surface area contributed by atoms with Crippen molar-refractivity contribution in [3.63, 3.8) is 0 Å². The van der Waals surface area contributed by atoms with Crippen LogP contribution in [0.2, 0.25) is 5.02 Å². The van der Waals surface area contributed by atoms with Crippen LogP contribution in [0.3, 0.4) is 0 Å². The fraction of sp³-hybridized carbons (Fsp3) is 0.538. The lowest BCUT2D eigenvalue weighted by Crippen LogP contribution is -2.37. The summed E-state index contributed by atoms with van der Waals surface area (Å²) in [6, 6.07) is 3.27. The number of ether oxygens (including phenoxy) is 1. The molecule has 5 nitrogen and oxygen atoms in total. The predicted molar refractivity (Wildman–Crippen MR) is 79.0 cm³/mol. The highest BCUT2D eigenvalue weighted by molar-refractivity contribution is 7.89. The Kier molecular flexibility index (Phi) is 4.90. The molecule has 2 rings (SSSR count). The van der Waals surface area contributed by atoms with Crippen LogP contribution in [0.4, 0.5) is 0 Å². The van der Waals surface area contributed by atoms with Gasteiger partial charge in [-0.2, -0.15) is 0 Å². The Morgan fingerprint density at radius 2 is 2.25 bits per heavy atom. The van der Waals surface area contributed by atoms with Crippen molar-refractivity contribution in [3.8, 4) is 5.75 Å². The van der Waals surface area contributed by atoms with Crippen LogP contribution in [0.25, 0.3) is 0 Å². The van der Waals surface area contributed by atoms with Crippen LogP contribution >= 0.6 is 11.6 Å². The van der Waals surface area contributed by atoms with E-state index >= 15 is 0 Å². The van der Waals surface area contributed by atoms with Crippen LogP contribution in [-0.4, -0.2) is 34.7 Å². The third kappa shape index (κ3) is 3.44. The van der Waals surface area contributed by atoms with Crippen LogP contribution in [0.5, 0.6) is 5.75 Å². The van der Waals surface area contributed by atoms with E-state index < -0.39 is 10.0 Å². The van der Waals surface area contributed by atoms with Gasteiger partial charge in [0.25, 0.3) is 0 Å². The number of nitrogens with one attached hydrogen (secondary N) is 2. The maximum atomic E-state index is 12.3. The Bertz CT molecular complexity index is 584. The lowest BCUT2D eigenvalue weighted by molar-refractivity contribution is 0.414. The molecule has 0 spiro atoms. The van der Waals surface area contributed by atoms with Gasteiger partial charge in [-0.15, -0.1) is 0 Å². The van der Waals surface area contributed by atoms with Gasteiger partial charge in [0.2, 0.25) is 10.0 Å². The van der Waals surface area contributed by atoms with E-state index in [0.717, 1.165) is 19.4 Å². The second kappa shape index (κ2) is 6.30. The maximum absolute atomic E-state index is 12.3. The molecular formula is C13H19ClN2O3S. The monoisotopic (exact) mass is 318 g/mol. The zero-order chi connectivity index (χ0) is 14.8. The van der Waals surface area contributed by atoms with E-state index in [2.05, 4.69) is 10.0 Å². The van der Waals surface area contributed by atoms with Crippen LogP contribution in [-0.2, 0) is 10.0 Å². The highest BCUT2D eigenvalue weighted by Gasteiger charge is 2.22. The molecule has 7 heteroatoms. The lowest BCUT2D eigenvalue weighted by atomic mass is 10.2. The van der Waals surface area contributed by atoms with Gasteiger partial charge in [0, 0.05) is 12.6 Å². The van der Waals surface area contributed by atoms with Crippen molar-refractivity contribution in [1.29, 1.82) is 0 Å². The number of sulfonamides is 1. The molecule has 1 saturated heterocycles. The normalized spacial score (nSPS) is 19.2. The molecule has 1 aliphatic heterocycles. The zero-order valence-corrected chi connectivity index (χ0v) is 13.1. The standard InChI is InChI=1S/C13H19ClN2O3S/c1-9-6-12(19-2)11(14)7-13(9)20(17,18)16-8-10-4-3-5-15-10/h6-7,10,15-16H,3-5,8H2,1-2H3. The fourth-order valence-electron chi connectivity index (χ4n) is 2.30. The summed E-state index contributed by atoms with van der Waals surface area (Å²) in [6.45, 7) is 3.06. The Labute approximate surface area is 124 Å². The van der Waals surface area contributed by atoms with E-state index in [4.69, 9.17) is 16.3 Å². The molecule has 0 aliphatic carbocycles. The van der Waals surface area contributed by atoms with Crippen LogP contribution < -0.4 is 14.8 Å². The third-order valence-corrected chi connectivity index (χ3v) is 5.28. The number of methoxy groups -OCH3 is 1. The summed E-state index contributed by atoms with van der Waals surface area (Å²) in [5.74, 6) is 0.473. The highest BCUT2D eigenvalue weighted by Crippen LogP contribution is 2.30. The maximum Gasteiger partial charge on any atom is 0.240 e.